The molecule has 1 spiro atoms. The van der Waals surface area contributed by atoms with Gasteiger partial charge in [0.2, 0.25) is 0 Å². The Kier molecular flexibility index (Phi) is 9.53. The minimum atomic E-state index is -0.664. The zero-order chi connectivity index (χ0) is 51.7. The van der Waals surface area contributed by atoms with Crippen LogP contribution >= 0.6 is 0 Å². The Balaban J connectivity index is 0.931. The van der Waals surface area contributed by atoms with E-state index in [9.17, 15) is 0 Å². The first-order chi connectivity index (χ1) is 38.6. The number of fused-ring (bicyclic) bond motifs is 15. The van der Waals surface area contributed by atoms with Crippen molar-refractivity contribution in [1.82, 2.24) is 9.13 Å². The lowest BCUT2D eigenvalue weighted by Crippen LogP contribution is -2.34. The largest absolute Gasteiger partial charge is 0.315 e. The second kappa shape index (κ2) is 16.8. The third-order valence-corrected chi connectivity index (χ3v) is 17.5. The summed E-state index contributed by atoms with van der Waals surface area (Å²) in [6.07, 6.45) is 4.58. The van der Waals surface area contributed by atoms with Gasteiger partial charge < -0.3 is 14.0 Å². The average molecular weight is 994 g/mol. The van der Waals surface area contributed by atoms with Crippen molar-refractivity contribution < 1.29 is 0 Å². The fraction of sp³-hybridized carbons (Fsp3) is 0.0400. The molecule has 1 atom stereocenters. The highest BCUT2D eigenvalue weighted by atomic mass is 15.1. The van der Waals surface area contributed by atoms with Crippen LogP contribution in [0.15, 0.2) is 297 Å². The highest BCUT2D eigenvalue weighted by Gasteiger charge is 2.51. The molecule has 11 aromatic carbocycles. The van der Waals surface area contributed by atoms with Crippen molar-refractivity contribution >= 4 is 60.6 Å². The van der Waals surface area contributed by atoms with Gasteiger partial charge in [-0.05, 0) is 140 Å². The number of nitrogens with zero attached hydrogens (tertiary/aromatic N) is 3. The fourth-order valence-electron chi connectivity index (χ4n) is 14.6. The van der Waals surface area contributed by atoms with E-state index in [1.54, 1.807) is 0 Å². The summed E-state index contributed by atoms with van der Waals surface area (Å²) in [5, 5.41) is 5.01. The van der Waals surface area contributed by atoms with Crippen molar-refractivity contribution in [2.24, 2.45) is 0 Å². The van der Waals surface area contributed by atoms with Crippen LogP contribution in [0.3, 0.4) is 0 Å². The van der Waals surface area contributed by atoms with Gasteiger partial charge in [0, 0.05) is 44.3 Å². The predicted molar refractivity (Wildman–Crippen MR) is 325 cm³/mol. The van der Waals surface area contributed by atoms with Gasteiger partial charge in [0.1, 0.15) is 0 Å². The van der Waals surface area contributed by atoms with Crippen LogP contribution in [0.25, 0.3) is 71.7 Å². The van der Waals surface area contributed by atoms with Crippen LogP contribution < -0.4 is 4.90 Å². The molecule has 0 bridgehead atoms. The first-order valence-electron chi connectivity index (χ1n) is 27.1. The van der Waals surface area contributed by atoms with E-state index >= 15 is 0 Å². The first kappa shape index (κ1) is 44.3. The summed E-state index contributed by atoms with van der Waals surface area (Å²) in [5.41, 5.74) is 24.2. The van der Waals surface area contributed by atoms with E-state index < -0.39 is 10.8 Å². The molecule has 0 saturated heterocycles. The molecule has 3 nitrogen and oxygen atoms in total. The number of benzene rings is 11. The molecule has 2 aliphatic carbocycles. The maximum Gasteiger partial charge on any atom is 0.0755 e. The second-order valence-electron chi connectivity index (χ2n) is 21.2. The van der Waals surface area contributed by atoms with Crippen molar-refractivity contribution in [2.45, 2.75) is 17.8 Å². The van der Waals surface area contributed by atoms with Gasteiger partial charge >= 0.3 is 0 Å². The molecule has 0 amide bonds. The molecule has 0 N–H and O–H groups in total. The smallest absolute Gasteiger partial charge is 0.0755 e. The number of hydrogen-bond donors (Lipinski definition) is 0. The second-order valence-corrected chi connectivity index (χ2v) is 21.2. The van der Waals surface area contributed by atoms with E-state index in [4.69, 9.17) is 0 Å². The molecule has 78 heavy (non-hydrogen) atoms. The first-order valence-corrected chi connectivity index (χ1v) is 27.1. The van der Waals surface area contributed by atoms with Crippen LogP contribution in [0, 0.1) is 0 Å². The molecule has 16 rings (SSSR count). The van der Waals surface area contributed by atoms with Gasteiger partial charge in [0.05, 0.1) is 38.6 Å². The maximum absolute atomic E-state index is 4.60. The van der Waals surface area contributed by atoms with Crippen molar-refractivity contribution in [3.05, 3.63) is 341 Å². The summed E-state index contributed by atoms with van der Waals surface area (Å²) in [5.74, 6) is 0. The zero-order valence-corrected chi connectivity index (χ0v) is 43.1. The van der Waals surface area contributed by atoms with Crippen molar-refractivity contribution in [3.8, 4) is 22.5 Å². The maximum atomic E-state index is 4.60. The molecule has 0 fully saturated rings. The number of allylic oxidation sites excluding steroid dienone is 5. The monoisotopic (exact) mass is 993 g/mol. The normalized spacial score (nSPS) is 15.7. The number of aromatic nitrogens is 2. The van der Waals surface area contributed by atoms with Crippen LogP contribution in [0.5, 0.6) is 0 Å². The van der Waals surface area contributed by atoms with Gasteiger partial charge in [-0.15, -0.1) is 0 Å². The lowest BCUT2D eigenvalue weighted by molar-refractivity contribution is 0.740. The van der Waals surface area contributed by atoms with Crippen molar-refractivity contribution in [3.63, 3.8) is 0 Å². The molecule has 1 unspecified atom stereocenters. The molecular weight excluding hydrogens is 943 g/mol. The molecule has 3 heteroatoms. The number of anilines is 2. The lowest BCUT2D eigenvalue weighted by Gasteiger charge is -2.40. The molecule has 0 saturated carbocycles. The Bertz CT molecular complexity index is 4600. The molecule has 1 aliphatic heterocycles. The minimum absolute atomic E-state index is 0.518. The summed E-state index contributed by atoms with van der Waals surface area (Å²) in [7, 11) is 0. The van der Waals surface area contributed by atoms with Crippen LogP contribution in [-0.4, -0.2) is 9.13 Å². The molecule has 366 valence electrons. The number of hydrogen-bond acceptors (Lipinski definition) is 1. The van der Waals surface area contributed by atoms with E-state index in [0.29, 0.717) is 0 Å². The van der Waals surface area contributed by atoms with Gasteiger partial charge in [-0.3, -0.25) is 0 Å². The quantitative estimate of drug-likeness (QED) is 0.148. The summed E-state index contributed by atoms with van der Waals surface area (Å²) >= 11 is 0. The summed E-state index contributed by atoms with van der Waals surface area (Å²) in [6, 6.07) is 99.2. The minimum Gasteiger partial charge on any atom is -0.315 e. The van der Waals surface area contributed by atoms with E-state index in [1.165, 1.54) is 111 Å². The Morgan fingerprint density at radius 2 is 0.833 bits per heavy atom. The standard InChI is InChI=1S/C75H51N3/c1-3-55-56-24-7-15-33-65(56)75(66-34-16-20-39-72(66)78-71-38-19-12-29-61(71)62-30-21-35-67(75)73(62)78)68(55)48-49(2)76(53-44-46-54(47-45-53)77-69-36-17-10-27-59(69)60-28-11-18-37-70(60)77)52-42-40-51(41-43-52)74(50-22-5-4-6-23-50)63-31-13-8-25-57(63)58-26-9-14-32-64(58)74/h3-48H,1H2,2H3/b49-48+. The summed E-state index contributed by atoms with van der Waals surface area (Å²) in [4.78, 5) is 2.46. The van der Waals surface area contributed by atoms with E-state index in [0.717, 1.165) is 28.3 Å². The summed E-state index contributed by atoms with van der Waals surface area (Å²) < 4.78 is 4.91. The SMILES string of the molecule is C=CC1=C(/C=C(\C)N(c2ccc(-n3c4ccccc4c4ccccc43)cc2)c2ccc(C3(c4ccccc4)c4ccccc4-c4ccccc43)cc2)C2(c3ccccc31)c1ccccc1-n1c3ccccc3c3cccc2c31. The average Bonchev–Trinajstić information content (AvgIpc) is 3.86. The Morgan fingerprint density at radius 1 is 0.385 bits per heavy atom. The van der Waals surface area contributed by atoms with Gasteiger partial charge in [-0.2, -0.15) is 0 Å². The van der Waals surface area contributed by atoms with Crippen LogP contribution in [0.2, 0.25) is 0 Å². The summed E-state index contributed by atoms with van der Waals surface area (Å²) in [6.45, 7) is 6.89. The third-order valence-electron chi connectivity index (χ3n) is 17.5. The Morgan fingerprint density at radius 3 is 1.45 bits per heavy atom. The molecule has 13 aromatic rings. The van der Waals surface area contributed by atoms with Gasteiger partial charge in [-0.25, -0.2) is 0 Å². The van der Waals surface area contributed by atoms with Gasteiger partial charge in [0.25, 0.3) is 0 Å². The number of para-hydroxylation sites is 5. The molecule has 2 aromatic heterocycles. The van der Waals surface area contributed by atoms with Gasteiger partial charge in [-0.1, -0.05) is 219 Å². The van der Waals surface area contributed by atoms with E-state index in [-0.39, 0.29) is 0 Å². The molecule has 3 heterocycles. The molecular formula is C75H51N3. The van der Waals surface area contributed by atoms with E-state index in [1.807, 2.05) is 0 Å². The molecule has 3 aliphatic rings. The fourth-order valence-corrected chi connectivity index (χ4v) is 14.6. The third kappa shape index (κ3) is 5.82. The number of rotatable bonds is 8. The van der Waals surface area contributed by atoms with Crippen LogP contribution in [0.4, 0.5) is 11.4 Å². The predicted octanol–water partition coefficient (Wildman–Crippen LogP) is 18.6. The molecule has 0 radical (unpaired) electrons. The lowest BCUT2D eigenvalue weighted by atomic mass is 9.64. The highest BCUT2D eigenvalue weighted by molar-refractivity contribution is 6.13. The van der Waals surface area contributed by atoms with Crippen molar-refractivity contribution in [1.29, 1.82) is 0 Å². The Labute approximate surface area is 453 Å². The topological polar surface area (TPSA) is 13.1 Å². The Hall–Kier alpha value is -9.96. The van der Waals surface area contributed by atoms with Crippen LogP contribution in [0.1, 0.15) is 51.4 Å². The van der Waals surface area contributed by atoms with Gasteiger partial charge in [0.15, 0.2) is 0 Å². The highest BCUT2D eigenvalue weighted by Crippen LogP contribution is 2.61. The zero-order valence-electron chi connectivity index (χ0n) is 43.1. The van der Waals surface area contributed by atoms with Crippen molar-refractivity contribution in [2.75, 3.05) is 4.90 Å². The van der Waals surface area contributed by atoms with Crippen LogP contribution in [-0.2, 0) is 10.8 Å². The van der Waals surface area contributed by atoms with E-state index in [2.05, 4.69) is 307 Å².